The van der Waals surface area contributed by atoms with E-state index in [0.29, 0.717) is 6.42 Å². The predicted molar refractivity (Wildman–Crippen MR) is 88.1 cm³/mol. The fraction of sp³-hybridized carbons (Fsp3) is 0.389. The molecule has 1 atom stereocenters. The van der Waals surface area contributed by atoms with Crippen LogP contribution in [0.3, 0.4) is 0 Å². The molecule has 1 spiro atoms. The molecule has 2 heterocycles. The van der Waals surface area contributed by atoms with Gasteiger partial charge in [-0.05, 0) is 43.9 Å². The molecule has 0 unspecified atom stereocenters. The first-order chi connectivity index (χ1) is 11.5. The third kappa shape index (κ3) is 2.06. The second-order valence-corrected chi connectivity index (χ2v) is 6.76. The van der Waals surface area contributed by atoms with E-state index in [-0.39, 0.29) is 24.5 Å². The summed E-state index contributed by atoms with van der Waals surface area (Å²) in [6.07, 6.45) is 3.30. The van der Waals surface area contributed by atoms with Crippen LogP contribution in [0, 0.1) is 0 Å². The van der Waals surface area contributed by atoms with Crippen LogP contribution in [0.25, 0.3) is 0 Å². The largest absolute Gasteiger partial charge is 0.325 e. The van der Waals surface area contributed by atoms with E-state index in [4.69, 9.17) is 0 Å². The van der Waals surface area contributed by atoms with Crippen molar-refractivity contribution in [1.29, 1.82) is 0 Å². The van der Waals surface area contributed by atoms with E-state index < -0.39 is 5.54 Å². The number of hydrogen-bond acceptors (Lipinski definition) is 3. The summed E-state index contributed by atoms with van der Waals surface area (Å²) >= 11 is 0. The molecular weight excluding hydrogens is 304 g/mol. The molecule has 4 rings (SSSR count). The van der Waals surface area contributed by atoms with Gasteiger partial charge in [-0.1, -0.05) is 24.3 Å². The highest BCUT2D eigenvalue weighted by Crippen LogP contribution is 2.41. The zero-order chi connectivity index (χ0) is 16.9. The maximum atomic E-state index is 13.1. The minimum atomic E-state index is -0.895. The van der Waals surface area contributed by atoms with E-state index in [1.165, 1.54) is 4.90 Å². The highest BCUT2D eigenvalue weighted by molar-refractivity contribution is 6.08. The van der Waals surface area contributed by atoms with Gasteiger partial charge in [-0.3, -0.25) is 14.4 Å². The normalized spacial score (nSPS) is 22.5. The Morgan fingerprint density at radius 2 is 2.04 bits per heavy atom. The Hall–Kier alpha value is -2.63. The fourth-order valence-corrected chi connectivity index (χ4v) is 3.64. The molecule has 2 aliphatic rings. The van der Waals surface area contributed by atoms with Gasteiger partial charge in [0.05, 0.1) is 12.2 Å². The Morgan fingerprint density at radius 3 is 2.79 bits per heavy atom. The third-order valence-corrected chi connectivity index (χ3v) is 4.93. The number of carbonyl (C=O) groups is 2. The molecule has 1 aliphatic carbocycles. The van der Waals surface area contributed by atoms with Crippen molar-refractivity contribution in [3.63, 3.8) is 0 Å². The van der Waals surface area contributed by atoms with Crippen LogP contribution in [0.5, 0.6) is 0 Å². The number of aromatic nitrogens is 2. The number of nitrogens with zero attached hydrogens (tertiary/aromatic N) is 3. The van der Waals surface area contributed by atoms with Crippen LogP contribution in [-0.2, 0) is 23.3 Å². The lowest BCUT2D eigenvalue weighted by Gasteiger charge is -2.22. The molecule has 1 aliphatic heterocycles. The van der Waals surface area contributed by atoms with Gasteiger partial charge in [-0.25, -0.2) is 4.79 Å². The van der Waals surface area contributed by atoms with E-state index in [2.05, 4.69) is 10.4 Å². The Labute approximate surface area is 140 Å². The van der Waals surface area contributed by atoms with Crippen molar-refractivity contribution in [2.24, 2.45) is 0 Å². The Bertz CT molecular complexity index is 826. The average molecular weight is 324 g/mol. The lowest BCUT2D eigenvalue weighted by atomic mass is 9.92. The Kier molecular flexibility index (Phi) is 3.23. The molecule has 6 nitrogen and oxygen atoms in total. The Morgan fingerprint density at radius 1 is 1.25 bits per heavy atom. The van der Waals surface area contributed by atoms with Crippen molar-refractivity contribution in [2.75, 3.05) is 0 Å². The number of fused-ring (bicyclic) bond motifs is 2. The molecule has 1 fully saturated rings. The van der Waals surface area contributed by atoms with Gasteiger partial charge < -0.3 is 5.32 Å². The van der Waals surface area contributed by atoms with E-state index in [1.54, 1.807) is 0 Å². The molecule has 6 heteroatoms. The van der Waals surface area contributed by atoms with Crippen LogP contribution in [0.2, 0.25) is 0 Å². The second-order valence-electron chi connectivity index (χ2n) is 6.76. The molecule has 2 aromatic rings. The number of amides is 3. The highest BCUT2D eigenvalue weighted by atomic mass is 16.2. The summed E-state index contributed by atoms with van der Waals surface area (Å²) in [6, 6.07) is 9.61. The van der Waals surface area contributed by atoms with E-state index in [0.717, 1.165) is 23.2 Å². The smallest absolute Gasteiger partial charge is 0.319 e. The summed E-state index contributed by atoms with van der Waals surface area (Å²) in [5, 5.41) is 7.38. The van der Waals surface area contributed by atoms with Crippen molar-refractivity contribution in [1.82, 2.24) is 20.0 Å². The minimum absolute atomic E-state index is 0.170. The number of imide groups is 1. The quantitative estimate of drug-likeness (QED) is 0.881. The molecular formula is C18H20N4O2. The van der Waals surface area contributed by atoms with Gasteiger partial charge in [0.2, 0.25) is 0 Å². The van der Waals surface area contributed by atoms with Crippen LogP contribution in [0.15, 0.2) is 36.5 Å². The van der Waals surface area contributed by atoms with Gasteiger partial charge in [0.25, 0.3) is 5.91 Å². The maximum absolute atomic E-state index is 13.1. The number of benzene rings is 1. The zero-order valence-corrected chi connectivity index (χ0v) is 13.8. The molecule has 3 amide bonds. The fourth-order valence-electron chi connectivity index (χ4n) is 3.64. The minimum Gasteiger partial charge on any atom is -0.319 e. The van der Waals surface area contributed by atoms with Crippen molar-refractivity contribution < 1.29 is 9.59 Å². The van der Waals surface area contributed by atoms with E-state index in [1.807, 2.05) is 55.1 Å². The van der Waals surface area contributed by atoms with Crippen molar-refractivity contribution in [3.8, 4) is 0 Å². The predicted octanol–water partition coefficient (Wildman–Crippen LogP) is 2.36. The number of carbonyl (C=O) groups excluding carboxylic acids is 2. The summed E-state index contributed by atoms with van der Waals surface area (Å²) in [7, 11) is 0. The number of rotatable bonds is 3. The van der Waals surface area contributed by atoms with E-state index in [9.17, 15) is 9.59 Å². The molecule has 1 aromatic heterocycles. The van der Waals surface area contributed by atoms with Gasteiger partial charge in [0.15, 0.2) is 0 Å². The molecule has 24 heavy (non-hydrogen) atoms. The zero-order valence-electron chi connectivity index (χ0n) is 13.8. The lowest BCUT2D eigenvalue weighted by molar-refractivity contribution is -0.132. The molecule has 0 radical (unpaired) electrons. The van der Waals surface area contributed by atoms with Gasteiger partial charge in [0.1, 0.15) is 5.54 Å². The first-order valence-electron chi connectivity index (χ1n) is 8.28. The molecule has 1 saturated heterocycles. The molecule has 124 valence electrons. The maximum Gasteiger partial charge on any atom is 0.325 e. The Balaban J connectivity index is 1.63. The van der Waals surface area contributed by atoms with Gasteiger partial charge in [-0.15, -0.1) is 0 Å². The van der Waals surface area contributed by atoms with Crippen molar-refractivity contribution in [3.05, 3.63) is 53.3 Å². The van der Waals surface area contributed by atoms with Gasteiger partial charge >= 0.3 is 6.03 Å². The number of nitrogens with one attached hydrogen (secondary N) is 1. The number of hydrogen-bond donors (Lipinski definition) is 1. The molecule has 0 bridgehead atoms. The van der Waals surface area contributed by atoms with Crippen molar-refractivity contribution >= 4 is 11.9 Å². The topological polar surface area (TPSA) is 67.2 Å². The first-order valence-corrected chi connectivity index (χ1v) is 8.28. The van der Waals surface area contributed by atoms with Crippen LogP contribution in [0.4, 0.5) is 4.79 Å². The summed E-state index contributed by atoms with van der Waals surface area (Å²) < 4.78 is 1.83. The summed E-state index contributed by atoms with van der Waals surface area (Å²) in [4.78, 5) is 26.8. The van der Waals surface area contributed by atoms with Crippen molar-refractivity contribution in [2.45, 2.75) is 44.8 Å². The summed E-state index contributed by atoms with van der Waals surface area (Å²) in [5.74, 6) is -0.170. The van der Waals surface area contributed by atoms with Crippen LogP contribution >= 0.6 is 0 Å². The summed E-state index contributed by atoms with van der Waals surface area (Å²) in [5.41, 5.74) is 1.89. The monoisotopic (exact) mass is 324 g/mol. The van der Waals surface area contributed by atoms with Gasteiger partial charge in [0, 0.05) is 12.2 Å². The molecule has 1 N–H and O–H groups in total. The SMILES string of the molecule is CC(C)n1ccc(CN2C(=O)N[C@]3(CCc4ccccc43)C2=O)n1. The summed E-state index contributed by atoms with van der Waals surface area (Å²) in [6.45, 7) is 4.28. The van der Waals surface area contributed by atoms with E-state index >= 15 is 0 Å². The number of aryl methyl sites for hydroxylation is 1. The first kappa shape index (κ1) is 14.9. The standard InChI is InChI=1S/C18H20N4O2/c1-12(2)22-10-8-14(20-22)11-21-16(23)18(19-17(21)24)9-7-13-5-3-4-6-15(13)18/h3-6,8,10,12H,7,9,11H2,1-2H3,(H,19,24)/t18-/m0/s1. The number of urea groups is 1. The molecule has 1 aromatic carbocycles. The van der Waals surface area contributed by atoms with Crippen LogP contribution < -0.4 is 5.32 Å². The second kappa shape index (κ2) is 5.19. The van der Waals surface area contributed by atoms with Crippen LogP contribution in [-0.4, -0.2) is 26.6 Å². The third-order valence-electron chi connectivity index (χ3n) is 4.93. The van der Waals surface area contributed by atoms with Crippen LogP contribution in [0.1, 0.15) is 43.1 Å². The lowest BCUT2D eigenvalue weighted by Crippen LogP contribution is -2.41. The van der Waals surface area contributed by atoms with Gasteiger partial charge in [-0.2, -0.15) is 5.10 Å². The molecule has 0 saturated carbocycles. The highest BCUT2D eigenvalue weighted by Gasteiger charge is 2.55. The average Bonchev–Trinajstić information content (AvgIpc) is 3.23.